The summed E-state index contributed by atoms with van der Waals surface area (Å²) >= 11 is 0. The first-order valence-corrected chi connectivity index (χ1v) is 9.93. The summed E-state index contributed by atoms with van der Waals surface area (Å²) in [5.41, 5.74) is 1.06. The van der Waals surface area contributed by atoms with Gasteiger partial charge in [0.25, 0.3) is 11.9 Å². The van der Waals surface area contributed by atoms with Gasteiger partial charge in [-0.05, 0) is 18.2 Å². The molecule has 2 atom stereocenters. The Labute approximate surface area is 193 Å². The van der Waals surface area contributed by atoms with Gasteiger partial charge in [-0.1, -0.05) is 0 Å². The zero-order chi connectivity index (χ0) is 25.4. The van der Waals surface area contributed by atoms with Crippen molar-refractivity contribution in [1.82, 2.24) is 9.97 Å². The number of amidine groups is 1. The van der Waals surface area contributed by atoms with E-state index in [0.29, 0.717) is 0 Å². The van der Waals surface area contributed by atoms with Crippen molar-refractivity contribution in [2.24, 2.45) is 10.7 Å². The summed E-state index contributed by atoms with van der Waals surface area (Å²) in [6.45, 7) is -2.87. The lowest BCUT2D eigenvalue weighted by Gasteiger charge is -2.38. The summed E-state index contributed by atoms with van der Waals surface area (Å²) < 4.78 is 95.2. The van der Waals surface area contributed by atoms with Gasteiger partial charge in [-0.2, -0.15) is 8.78 Å². The van der Waals surface area contributed by atoms with Crippen molar-refractivity contribution in [3.8, 4) is 5.88 Å². The average Bonchev–Trinajstić information content (AvgIpc) is 3.16. The van der Waals surface area contributed by atoms with Crippen LogP contribution in [0.3, 0.4) is 0 Å². The number of nitrogens with one attached hydrogen (secondary N) is 1. The fraction of sp³-hybridized carbons (Fsp3) is 0.400. The van der Waals surface area contributed by atoms with E-state index >= 15 is 4.39 Å². The smallest absolute Gasteiger partial charge is 0.340 e. The molecule has 0 spiro atoms. The Morgan fingerprint density at radius 2 is 2.00 bits per heavy atom. The second-order valence-corrected chi connectivity index (χ2v) is 7.80. The van der Waals surface area contributed by atoms with Crippen LogP contribution in [0, 0.1) is 5.82 Å². The minimum Gasteiger partial charge on any atom is -0.470 e. The van der Waals surface area contributed by atoms with Crippen molar-refractivity contribution in [2.45, 2.75) is 23.6 Å². The number of benzene rings is 1. The highest BCUT2D eigenvalue weighted by atomic mass is 19.3. The SMILES string of the molecule is NC1=NC2(c3cc(NC(=O)c4cnc(OCC(F)(F)C(F)F)cn4)ccc3F)COCC2(F)CO1. The summed E-state index contributed by atoms with van der Waals surface area (Å²) in [6, 6.07) is 3.01. The monoisotopic (exact) mass is 505 g/mol. The third-order valence-electron chi connectivity index (χ3n) is 5.40. The number of carbonyl (C=O) groups excluding carboxylic acids is 1. The second kappa shape index (κ2) is 8.87. The first-order valence-electron chi connectivity index (χ1n) is 9.93. The van der Waals surface area contributed by atoms with Crippen molar-refractivity contribution in [3.05, 3.63) is 47.7 Å². The van der Waals surface area contributed by atoms with Gasteiger partial charge in [-0.3, -0.25) is 4.79 Å². The highest BCUT2D eigenvalue weighted by molar-refractivity contribution is 6.02. The lowest BCUT2D eigenvalue weighted by atomic mass is 9.78. The number of amides is 1. The van der Waals surface area contributed by atoms with Crippen LogP contribution in [0.4, 0.5) is 32.0 Å². The molecule has 0 aliphatic carbocycles. The molecule has 2 unspecified atom stereocenters. The maximum absolute atomic E-state index is 15.5. The number of hydrogen-bond donors (Lipinski definition) is 2. The van der Waals surface area contributed by atoms with Crippen LogP contribution in [0.25, 0.3) is 0 Å². The predicted octanol–water partition coefficient (Wildman–Crippen LogP) is 2.43. The van der Waals surface area contributed by atoms with Crippen molar-refractivity contribution in [2.75, 3.05) is 31.7 Å². The van der Waals surface area contributed by atoms with Gasteiger partial charge < -0.3 is 25.3 Å². The molecule has 2 aliphatic rings. The number of rotatable bonds is 7. The number of hydrogen-bond acceptors (Lipinski definition) is 8. The summed E-state index contributed by atoms with van der Waals surface area (Å²) in [7, 11) is 0. The number of fused-ring (bicyclic) bond motifs is 1. The number of anilines is 1. The first-order chi connectivity index (χ1) is 16.5. The van der Waals surface area contributed by atoms with Crippen molar-refractivity contribution >= 4 is 17.6 Å². The fourth-order valence-electron chi connectivity index (χ4n) is 3.55. The Balaban J connectivity index is 1.51. The molecule has 1 aromatic carbocycles. The van der Waals surface area contributed by atoms with E-state index in [0.717, 1.165) is 24.5 Å². The molecule has 4 rings (SSSR count). The second-order valence-electron chi connectivity index (χ2n) is 7.80. The Hall–Kier alpha value is -3.62. The maximum atomic E-state index is 15.5. The van der Waals surface area contributed by atoms with Gasteiger partial charge in [0.1, 0.15) is 18.1 Å². The van der Waals surface area contributed by atoms with Gasteiger partial charge in [-0.25, -0.2) is 32.5 Å². The normalized spacial score (nSPS) is 23.9. The van der Waals surface area contributed by atoms with Gasteiger partial charge in [0.2, 0.25) is 5.88 Å². The summed E-state index contributed by atoms with van der Waals surface area (Å²) in [4.78, 5) is 23.8. The molecule has 9 nitrogen and oxygen atoms in total. The number of halogens is 6. The third kappa shape index (κ3) is 4.54. The van der Waals surface area contributed by atoms with Crippen molar-refractivity contribution in [3.63, 3.8) is 0 Å². The number of nitrogens with zero attached hydrogens (tertiary/aromatic N) is 3. The molecule has 15 heteroatoms. The number of nitrogens with two attached hydrogens (primary N) is 1. The van der Waals surface area contributed by atoms with E-state index in [1.54, 1.807) is 0 Å². The third-order valence-corrected chi connectivity index (χ3v) is 5.40. The number of aromatic nitrogens is 2. The Morgan fingerprint density at radius 3 is 2.69 bits per heavy atom. The molecule has 1 fully saturated rings. The molecule has 3 N–H and O–H groups in total. The van der Waals surface area contributed by atoms with Crippen LogP contribution in [0.5, 0.6) is 5.88 Å². The van der Waals surface area contributed by atoms with E-state index in [4.69, 9.17) is 15.2 Å². The molecule has 1 saturated heterocycles. The molecule has 0 radical (unpaired) electrons. The van der Waals surface area contributed by atoms with Crippen molar-refractivity contribution < 1.29 is 45.3 Å². The van der Waals surface area contributed by atoms with Crippen LogP contribution in [-0.4, -0.2) is 66.3 Å². The molecule has 188 valence electrons. The van der Waals surface area contributed by atoms with E-state index in [-0.39, 0.29) is 29.6 Å². The van der Waals surface area contributed by atoms with Crippen LogP contribution >= 0.6 is 0 Å². The van der Waals surface area contributed by atoms with E-state index < -0.39 is 61.0 Å². The molecule has 0 saturated carbocycles. The highest BCUT2D eigenvalue weighted by Gasteiger charge is 2.62. The fourth-order valence-corrected chi connectivity index (χ4v) is 3.55. The van der Waals surface area contributed by atoms with Crippen LogP contribution in [0.15, 0.2) is 35.6 Å². The molecule has 0 bridgehead atoms. The summed E-state index contributed by atoms with van der Waals surface area (Å²) in [5.74, 6) is -6.57. The molecular formula is C20H17F6N5O4. The van der Waals surface area contributed by atoms with Crippen molar-refractivity contribution in [1.29, 1.82) is 0 Å². The van der Waals surface area contributed by atoms with E-state index in [9.17, 15) is 26.7 Å². The molecule has 2 aromatic rings. The predicted molar refractivity (Wildman–Crippen MR) is 107 cm³/mol. The molecule has 1 aromatic heterocycles. The topological polar surface area (TPSA) is 121 Å². The number of ether oxygens (including phenoxy) is 3. The average molecular weight is 505 g/mol. The molecular weight excluding hydrogens is 488 g/mol. The number of aliphatic imine (C=N–C) groups is 1. The molecule has 3 heterocycles. The highest BCUT2D eigenvalue weighted by Crippen LogP contribution is 2.48. The molecule has 1 amide bonds. The lowest BCUT2D eigenvalue weighted by molar-refractivity contribution is -0.148. The van der Waals surface area contributed by atoms with Gasteiger partial charge in [0, 0.05) is 11.3 Å². The number of alkyl halides is 5. The quantitative estimate of drug-likeness (QED) is 0.555. The van der Waals surface area contributed by atoms with Gasteiger partial charge >= 0.3 is 12.3 Å². The summed E-state index contributed by atoms with van der Waals surface area (Å²) in [6.07, 6.45) is -2.28. The zero-order valence-corrected chi connectivity index (χ0v) is 17.6. The van der Waals surface area contributed by atoms with Gasteiger partial charge in [0.15, 0.2) is 17.8 Å². The van der Waals surface area contributed by atoms with E-state index in [1.165, 1.54) is 6.07 Å². The Bertz CT molecular complexity index is 1150. The minimum absolute atomic E-state index is 0.0361. The molecule has 2 aliphatic heterocycles. The number of carbonyl (C=O) groups is 1. The standard InChI is InChI=1S/C20H17F6N5O4/c21-12-2-1-10(3-11(12)19-8-33-6-18(19,24)7-35-17(27)31-19)30-15(32)13-4-29-14(5-28-13)34-9-20(25,26)16(22)23/h1-5,16H,6-9H2,(H2,27,31)(H,30,32). The van der Waals surface area contributed by atoms with E-state index in [2.05, 4.69) is 25.0 Å². The van der Waals surface area contributed by atoms with Crippen LogP contribution in [0.2, 0.25) is 0 Å². The minimum atomic E-state index is -4.39. The maximum Gasteiger partial charge on any atom is 0.340 e. The summed E-state index contributed by atoms with van der Waals surface area (Å²) in [5, 5.41) is 2.41. The van der Waals surface area contributed by atoms with Crippen LogP contribution < -0.4 is 15.8 Å². The van der Waals surface area contributed by atoms with Gasteiger partial charge in [-0.15, -0.1) is 0 Å². The van der Waals surface area contributed by atoms with Gasteiger partial charge in [0.05, 0.1) is 25.6 Å². The molecule has 35 heavy (non-hydrogen) atoms. The van der Waals surface area contributed by atoms with Crippen LogP contribution in [0.1, 0.15) is 16.1 Å². The Morgan fingerprint density at radius 1 is 1.23 bits per heavy atom. The van der Waals surface area contributed by atoms with E-state index in [1.807, 2.05) is 0 Å². The Kier molecular flexibility index (Phi) is 6.21. The largest absolute Gasteiger partial charge is 0.470 e. The van der Waals surface area contributed by atoms with Crippen LogP contribution in [-0.2, 0) is 15.0 Å². The lowest BCUT2D eigenvalue weighted by Crippen LogP contribution is -2.55. The zero-order valence-electron chi connectivity index (χ0n) is 17.6. The first kappa shape index (κ1) is 24.5.